The summed E-state index contributed by atoms with van der Waals surface area (Å²) in [5.41, 5.74) is 3.21. The summed E-state index contributed by atoms with van der Waals surface area (Å²) in [7, 11) is 1.90. The fourth-order valence-corrected chi connectivity index (χ4v) is 4.70. The lowest BCUT2D eigenvalue weighted by Crippen LogP contribution is -2.59. The molecule has 8 heteroatoms. The van der Waals surface area contributed by atoms with E-state index in [2.05, 4.69) is 10.3 Å². The van der Waals surface area contributed by atoms with Gasteiger partial charge in [0.15, 0.2) is 11.6 Å². The quantitative estimate of drug-likeness (QED) is 0.518. The summed E-state index contributed by atoms with van der Waals surface area (Å²) < 4.78 is 18.6. The third-order valence-corrected chi connectivity index (χ3v) is 6.93. The highest BCUT2D eigenvalue weighted by Crippen LogP contribution is 2.39. The number of aromatic nitrogens is 2. The van der Waals surface area contributed by atoms with E-state index in [1.54, 1.807) is 0 Å². The van der Waals surface area contributed by atoms with Gasteiger partial charge in [0.05, 0.1) is 12.3 Å². The van der Waals surface area contributed by atoms with Crippen LogP contribution in [0, 0.1) is 12.7 Å². The Labute approximate surface area is 210 Å². The zero-order chi connectivity index (χ0) is 24.6. The fraction of sp³-hybridized carbons (Fsp3) is 0.357. The molecule has 0 bridgehead atoms. The Morgan fingerprint density at radius 1 is 1.08 bits per heavy atom. The van der Waals surface area contributed by atoms with Gasteiger partial charge < -0.3 is 15.0 Å². The average Bonchev–Trinajstić information content (AvgIpc) is 3.35. The predicted molar refractivity (Wildman–Crippen MR) is 137 cm³/mol. The molecule has 1 saturated heterocycles. The number of hydrogen-bond donors (Lipinski definition) is 1. The minimum absolute atomic E-state index is 0. The number of amides is 1. The summed E-state index contributed by atoms with van der Waals surface area (Å²) in [6, 6.07) is 13.5. The molecular weight excluding hydrogens is 459 g/mol. The van der Waals surface area contributed by atoms with Crippen LogP contribution in [-0.2, 0) is 28.8 Å². The molecule has 0 aliphatic carbocycles. The second-order valence-corrected chi connectivity index (χ2v) is 9.19. The molecule has 0 radical (unpaired) electrons. The van der Waals surface area contributed by atoms with E-state index in [0.29, 0.717) is 43.1 Å². The number of hydrogen-bond acceptors (Lipinski definition) is 6. The number of ketones is 1. The van der Waals surface area contributed by atoms with Crippen LogP contribution in [0.5, 0.6) is 0 Å². The second-order valence-electron chi connectivity index (χ2n) is 9.19. The van der Waals surface area contributed by atoms with Crippen molar-refractivity contribution in [1.82, 2.24) is 9.97 Å². The fourth-order valence-electron chi connectivity index (χ4n) is 4.70. The SMILES string of the molecule is C.Cc1nc(CCc2ccc(CC(=O)c3ccc(F)cc3)cc2)nc2c1NC(=O)[C@]1(CCOC1)N2C. The van der Waals surface area contributed by atoms with Gasteiger partial charge in [-0.2, -0.15) is 0 Å². The lowest BCUT2D eigenvalue weighted by Gasteiger charge is -2.41. The zero-order valence-corrected chi connectivity index (χ0v) is 19.8. The largest absolute Gasteiger partial charge is 0.378 e. The summed E-state index contributed by atoms with van der Waals surface area (Å²) in [6.45, 7) is 2.78. The Balaban J connectivity index is 0.00000304. The topological polar surface area (TPSA) is 84.4 Å². The molecule has 1 spiro atoms. The number of fused-ring (bicyclic) bond motifs is 1. The van der Waals surface area contributed by atoms with Crippen molar-refractivity contribution in [3.63, 3.8) is 0 Å². The number of ether oxygens (including phenoxy) is 1. The minimum atomic E-state index is -0.716. The van der Waals surface area contributed by atoms with Crippen LogP contribution in [0.3, 0.4) is 0 Å². The highest BCUT2D eigenvalue weighted by molar-refractivity contribution is 6.06. The first kappa shape index (κ1) is 25.4. The van der Waals surface area contributed by atoms with Crippen molar-refractivity contribution in [3.8, 4) is 0 Å². The van der Waals surface area contributed by atoms with E-state index in [1.165, 1.54) is 24.3 Å². The van der Waals surface area contributed by atoms with Gasteiger partial charge in [-0.05, 0) is 48.7 Å². The third kappa shape index (κ3) is 4.73. The molecule has 2 aliphatic heterocycles. The van der Waals surface area contributed by atoms with Gasteiger partial charge in [0, 0.05) is 38.5 Å². The van der Waals surface area contributed by atoms with E-state index in [4.69, 9.17) is 9.72 Å². The number of benzene rings is 2. The van der Waals surface area contributed by atoms with Gasteiger partial charge in [0.25, 0.3) is 5.91 Å². The van der Waals surface area contributed by atoms with E-state index >= 15 is 0 Å². The van der Waals surface area contributed by atoms with Gasteiger partial charge >= 0.3 is 0 Å². The average molecular weight is 491 g/mol. The van der Waals surface area contributed by atoms with Crippen molar-refractivity contribution in [3.05, 3.63) is 82.6 Å². The lowest BCUT2D eigenvalue weighted by atomic mass is 9.92. The van der Waals surface area contributed by atoms with E-state index in [9.17, 15) is 14.0 Å². The summed E-state index contributed by atoms with van der Waals surface area (Å²) in [6.07, 6.45) is 2.29. The number of Topliss-reactive ketones (excluding diaryl/α,β-unsaturated/α-hetero) is 1. The Hall–Kier alpha value is -3.65. The van der Waals surface area contributed by atoms with Gasteiger partial charge in [0.2, 0.25) is 0 Å². The Kier molecular flexibility index (Phi) is 7.17. The molecule has 2 aliphatic rings. The predicted octanol–water partition coefficient (Wildman–Crippen LogP) is 4.32. The number of halogens is 1. The van der Waals surface area contributed by atoms with Gasteiger partial charge in [-0.25, -0.2) is 14.4 Å². The smallest absolute Gasteiger partial charge is 0.252 e. The van der Waals surface area contributed by atoms with Crippen LogP contribution in [0.2, 0.25) is 0 Å². The summed E-state index contributed by atoms with van der Waals surface area (Å²) in [4.78, 5) is 36.6. The van der Waals surface area contributed by atoms with Crippen LogP contribution in [-0.4, -0.2) is 47.5 Å². The molecule has 5 rings (SSSR count). The first-order valence-corrected chi connectivity index (χ1v) is 11.7. The first-order valence-electron chi connectivity index (χ1n) is 11.7. The van der Waals surface area contributed by atoms with E-state index in [-0.39, 0.29) is 31.4 Å². The zero-order valence-electron chi connectivity index (χ0n) is 19.8. The third-order valence-electron chi connectivity index (χ3n) is 6.93. The molecule has 36 heavy (non-hydrogen) atoms. The molecule has 7 nitrogen and oxygen atoms in total. The maximum Gasteiger partial charge on any atom is 0.252 e. The number of nitrogens with zero attached hydrogens (tertiary/aromatic N) is 3. The molecule has 0 saturated carbocycles. The molecule has 1 amide bonds. The standard InChI is InChI=1S/C27H27FN4O3.CH4/c1-17-24-25(32(2)27(26(34)31-24)13-14-35-16-27)30-23(29-17)12-7-18-3-5-19(6-4-18)15-22(33)20-8-10-21(28)11-9-20;/h3-6,8-11H,7,12-16H2,1-2H3,(H,31,34);1H4/t27-;/m1./s1. The van der Waals surface area contributed by atoms with Crippen LogP contribution >= 0.6 is 0 Å². The van der Waals surface area contributed by atoms with Gasteiger partial charge in [-0.1, -0.05) is 31.7 Å². The van der Waals surface area contributed by atoms with Crippen molar-refractivity contribution in [2.75, 3.05) is 30.5 Å². The number of nitrogens with one attached hydrogen (secondary N) is 1. The number of aryl methyl sites for hydroxylation is 3. The summed E-state index contributed by atoms with van der Waals surface area (Å²) in [5.74, 6) is 0.980. The van der Waals surface area contributed by atoms with Crippen molar-refractivity contribution in [2.45, 2.75) is 45.6 Å². The van der Waals surface area contributed by atoms with E-state index in [1.807, 2.05) is 43.1 Å². The van der Waals surface area contributed by atoms with Gasteiger partial charge in [0.1, 0.15) is 22.9 Å². The van der Waals surface area contributed by atoms with E-state index < -0.39 is 5.54 Å². The lowest BCUT2D eigenvalue weighted by molar-refractivity contribution is -0.121. The number of carbonyl (C=O) groups excluding carboxylic acids is 2. The van der Waals surface area contributed by atoms with E-state index in [0.717, 1.165) is 29.1 Å². The first-order chi connectivity index (χ1) is 16.9. The summed E-state index contributed by atoms with van der Waals surface area (Å²) >= 11 is 0. The molecule has 1 aromatic heterocycles. The monoisotopic (exact) mass is 490 g/mol. The summed E-state index contributed by atoms with van der Waals surface area (Å²) in [5, 5.41) is 3.00. The van der Waals surface area contributed by atoms with Crippen LogP contribution in [0.4, 0.5) is 15.9 Å². The highest BCUT2D eigenvalue weighted by atomic mass is 19.1. The molecule has 1 fully saturated rings. The van der Waals surface area contributed by atoms with Crippen LogP contribution < -0.4 is 10.2 Å². The van der Waals surface area contributed by atoms with Crippen LogP contribution in [0.25, 0.3) is 0 Å². The molecular formula is C28H31FN4O3. The minimum Gasteiger partial charge on any atom is -0.378 e. The number of carbonyl (C=O) groups is 2. The van der Waals surface area contributed by atoms with Crippen molar-refractivity contribution in [1.29, 1.82) is 0 Å². The van der Waals surface area contributed by atoms with Gasteiger partial charge in [-0.15, -0.1) is 0 Å². The van der Waals surface area contributed by atoms with Crippen molar-refractivity contribution in [2.24, 2.45) is 0 Å². The number of rotatable bonds is 6. The second kappa shape index (κ2) is 10.1. The van der Waals surface area contributed by atoms with Crippen molar-refractivity contribution >= 4 is 23.2 Å². The molecule has 188 valence electrons. The molecule has 1 N–H and O–H groups in total. The molecule has 3 heterocycles. The maximum absolute atomic E-state index is 13.1. The maximum atomic E-state index is 13.1. The Morgan fingerprint density at radius 3 is 2.44 bits per heavy atom. The van der Waals surface area contributed by atoms with Crippen LogP contribution in [0.15, 0.2) is 48.5 Å². The normalized spacial score (nSPS) is 18.5. The molecule has 3 aromatic rings. The number of likely N-dealkylation sites (N-methyl/N-ethyl adjacent to an activating group) is 1. The van der Waals surface area contributed by atoms with Gasteiger partial charge in [-0.3, -0.25) is 9.59 Å². The Bertz CT molecular complexity index is 1270. The molecule has 0 unspecified atom stereocenters. The highest BCUT2D eigenvalue weighted by Gasteiger charge is 2.50. The van der Waals surface area contributed by atoms with Crippen LogP contribution in [0.1, 0.15) is 46.9 Å². The van der Waals surface area contributed by atoms with Crippen molar-refractivity contribution < 1.29 is 18.7 Å². The molecule has 1 atom stereocenters. The Morgan fingerprint density at radius 2 is 1.78 bits per heavy atom. The number of anilines is 2. The molecule has 2 aromatic carbocycles.